The van der Waals surface area contributed by atoms with Crippen LogP contribution in [0.4, 0.5) is 0 Å². The van der Waals surface area contributed by atoms with Gasteiger partial charge in [0.05, 0.1) is 12.6 Å². The molecule has 6 nitrogen and oxygen atoms in total. The number of ether oxygens (including phenoxy) is 2. The summed E-state index contributed by atoms with van der Waals surface area (Å²) in [6.07, 6.45) is 0. The second-order valence-corrected chi connectivity index (χ2v) is 6.58. The van der Waals surface area contributed by atoms with Crippen molar-refractivity contribution in [3.05, 3.63) is 70.4 Å². The summed E-state index contributed by atoms with van der Waals surface area (Å²) in [5.74, 6) is -0.491. The number of nitrogens with zero attached hydrogens (tertiary/aromatic N) is 1. The van der Waals surface area contributed by atoms with Crippen molar-refractivity contribution in [1.82, 2.24) is 10.3 Å². The molecule has 1 heterocycles. The zero-order valence-corrected chi connectivity index (χ0v) is 16.2. The highest BCUT2D eigenvalue weighted by Crippen LogP contribution is 2.27. The van der Waals surface area contributed by atoms with E-state index in [1.807, 2.05) is 37.3 Å². The van der Waals surface area contributed by atoms with E-state index < -0.39 is 5.97 Å². The van der Waals surface area contributed by atoms with Gasteiger partial charge in [-0.1, -0.05) is 41.4 Å². The van der Waals surface area contributed by atoms with Crippen LogP contribution in [-0.4, -0.2) is 30.6 Å². The van der Waals surface area contributed by atoms with Gasteiger partial charge in [-0.05, 0) is 30.7 Å². The molecule has 0 aliphatic rings. The Balaban J connectivity index is 1.75. The van der Waals surface area contributed by atoms with Crippen molar-refractivity contribution in [3.8, 4) is 5.75 Å². The Morgan fingerprint density at radius 2 is 1.93 bits per heavy atom. The van der Waals surface area contributed by atoms with Crippen LogP contribution in [-0.2, 0) is 16.1 Å². The largest absolute Gasteiger partial charge is 0.483 e. The molecule has 0 saturated carbocycles. The molecular weight excluding hydrogens is 380 g/mol. The summed E-state index contributed by atoms with van der Waals surface area (Å²) in [5.41, 5.74) is 2.52. The van der Waals surface area contributed by atoms with Crippen molar-refractivity contribution < 1.29 is 19.1 Å². The number of hydrogen-bond donors (Lipinski definition) is 1. The lowest BCUT2D eigenvalue weighted by Gasteiger charge is -2.12. The van der Waals surface area contributed by atoms with Gasteiger partial charge < -0.3 is 14.8 Å². The van der Waals surface area contributed by atoms with Gasteiger partial charge in [-0.3, -0.25) is 4.79 Å². The minimum atomic E-state index is -0.574. The molecule has 1 aromatic heterocycles. The molecule has 1 N–H and O–H groups in total. The van der Waals surface area contributed by atoms with E-state index in [1.54, 1.807) is 12.1 Å². The smallest absolute Gasteiger partial charge is 0.356 e. The molecule has 0 spiro atoms. The summed E-state index contributed by atoms with van der Waals surface area (Å²) < 4.78 is 10.4. The number of esters is 1. The second-order valence-electron chi connectivity index (χ2n) is 6.17. The molecule has 0 bridgehead atoms. The number of methoxy groups -OCH3 is 1. The van der Waals surface area contributed by atoms with Crippen LogP contribution in [0.3, 0.4) is 0 Å². The Morgan fingerprint density at radius 3 is 2.68 bits per heavy atom. The van der Waals surface area contributed by atoms with Gasteiger partial charge in [0.15, 0.2) is 12.3 Å². The number of amides is 1. The summed E-state index contributed by atoms with van der Waals surface area (Å²) in [6.45, 7) is 2.03. The fourth-order valence-electron chi connectivity index (χ4n) is 2.67. The highest BCUT2D eigenvalue weighted by Gasteiger charge is 2.14. The number of carbonyl (C=O) groups is 2. The maximum atomic E-state index is 12.2. The number of aryl methyl sites for hydroxylation is 1. The van der Waals surface area contributed by atoms with Gasteiger partial charge in [-0.15, -0.1) is 0 Å². The summed E-state index contributed by atoms with van der Waals surface area (Å²) in [7, 11) is 1.28. The number of aromatic nitrogens is 1. The molecule has 3 rings (SSSR count). The molecule has 144 valence electrons. The highest BCUT2D eigenvalue weighted by molar-refractivity contribution is 6.31. The zero-order chi connectivity index (χ0) is 20.1. The van der Waals surface area contributed by atoms with E-state index in [2.05, 4.69) is 10.3 Å². The molecule has 0 atom stereocenters. The number of fused-ring (bicyclic) bond motifs is 1. The minimum Gasteiger partial charge on any atom is -0.483 e. The number of hydrogen-bond acceptors (Lipinski definition) is 5. The van der Waals surface area contributed by atoms with Gasteiger partial charge in [0.25, 0.3) is 5.91 Å². The first kappa shape index (κ1) is 19.6. The van der Waals surface area contributed by atoms with Crippen LogP contribution in [0.1, 0.15) is 21.6 Å². The molecule has 2 aromatic carbocycles. The topological polar surface area (TPSA) is 77.5 Å². The third-order valence-electron chi connectivity index (χ3n) is 4.11. The third-order valence-corrected chi connectivity index (χ3v) is 4.48. The van der Waals surface area contributed by atoms with Crippen LogP contribution in [0.25, 0.3) is 10.9 Å². The molecule has 7 heteroatoms. The van der Waals surface area contributed by atoms with E-state index in [1.165, 1.54) is 13.2 Å². The van der Waals surface area contributed by atoms with E-state index in [-0.39, 0.29) is 18.2 Å². The molecule has 1 amide bonds. The maximum Gasteiger partial charge on any atom is 0.356 e. The molecule has 0 radical (unpaired) electrons. The van der Waals surface area contributed by atoms with Crippen molar-refractivity contribution >= 4 is 34.4 Å². The minimum absolute atomic E-state index is 0.116. The summed E-state index contributed by atoms with van der Waals surface area (Å²) in [5, 5.41) is 4.06. The lowest BCUT2D eigenvalue weighted by atomic mass is 10.1. The van der Waals surface area contributed by atoms with E-state index in [0.717, 1.165) is 11.1 Å². The Labute approximate surface area is 167 Å². The van der Waals surface area contributed by atoms with Crippen LogP contribution in [0.5, 0.6) is 5.75 Å². The first-order valence-corrected chi connectivity index (χ1v) is 8.98. The predicted octanol–water partition coefficient (Wildman–Crippen LogP) is 3.68. The SMILES string of the molecule is COC(=O)c1cc(OCC(=O)NCc2ccccc2Cl)c2cc(C)ccc2n1. The monoisotopic (exact) mass is 398 g/mol. The Hall–Kier alpha value is -3.12. The van der Waals surface area contributed by atoms with Gasteiger partial charge in [-0.2, -0.15) is 0 Å². The molecule has 0 fully saturated rings. The quantitative estimate of drug-likeness (QED) is 0.641. The van der Waals surface area contributed by atoms with Gasteiger partial charge in [0.2, 0.25) is 0 Å². The van der Waals surface area contributed by atoms with Crippen LogP contribution in [0.15, 0.2) is 48.5 Å². The van der Waals surface area contributed by atoms with Crippen LogP contribution >= 0.6 is 11.6 Å². The van der Waals surface area contributed by atoms with Crippen molar-refractivity contribution in [2.45, 2.75) is 13.5 Å². The molecule has 0 unspecified atom stereocenters. The first-order chi connectivity index (χ1) is 13.5. The Kier molecular flexibility index (Phi) is 6.11. The molecule has 0 saturated heterocycles. The average Bonchev–Trinajstić information content (AvgIpc) is 2.70. The van der Waals surface area contributed by atoms with E-state index >= 15 is 0 Å². The van der Waals surface area contributed by atoms with Crippen LogP contribution < -0.4 is 10.1 Å². The zero-order valence-electron chi connectivity index (χ0n) is 15.5. The molecule has 28 heavy (non-hydrogen) atoms. The fourth-order valence-corrected chi connectivity index (χ4v) is 2.87. The normalized spacial score (nSPS) is 10.5. The molecular formula is C21H19ClN2O4. The number of nitrogens with one attached hydrogen (secondary N) is 1. The van der Waals surface area contributed by atoms with E-state index in [4.69, 9.17) is 21.1 Å². The molecule has 0 aliphatic carbocycles. The molecule has 3 aromatic rings. The number of benzene rings is 2. The summed E-state index contributed by atoms with van der Waals surface area (Å²) >= 11 is 6.09. The number of rotatable bonds is 6. The van der Waals surface area contributed by atoms with Gasteiger partial charge in [-0.25, -0.2) is 9.78 Å². The standard InChI is InChI=1S/C21H19ClN2O4/c1-13-7-8-17-15(9-13)19(10-18(24-17)21(26)27-2)28-12-20(25)23-11-14-5-3-4-6-16(14)22/h3-10H,11-12H2,1-2H3,(H,23,25). The Morgan fingerprint density at radius 1 is 1.14 bits per heavy atom. The maximum absolute atomic E-state index is 12.2. The second kappa shape index (κ2) is 8.71. The van der Waals surface area contributed by atoms with E-state index in [9.17, 15) is 9.59 Å². The Bertz CT molecular complexity index is 1040. The number of halogens is 1. The van der Waals surface area contributed by atoms with Crippen LogP contribution in [0.2, 0.25) is 5.02 Å². The van der Waals surface area contributed by atoms with Crippen LogP contribution in [0, 0.1) is 6.92 Å². The summed E-state index contributed by atoms with van der Waals surface area (Å²) in [4.78, 5) is 28.4. The number of carbonyl (C=O) groups excluding carboxylic acids is 2. The van der Waals surface area contributed by atoms with Gasteiger partial charge in [0, 0.05) is 23.0 Å². The van der Waals surface area contributed by atoms with Crippen molar-refractivity contribution in [2.75, 3.05) is 13.7 Å². The van der Waals surface area contributed by atoms with Gasteiger partial charge in [0.1, 0.15) is 5.75 Å². The molecule has 0 aliphatic heterocycles. The lowest BCUT2D eigenvalue weighted by molar-refractivity contribution is -0.123. The summed E-state index contributed by atoms with van der Waals surface area (Å²) in [6, 6.07) is 14.3. The van der Waals surface area contributed by atoms with Crippen molar-refractivity contribution in [1.29, 1.82) is 0 Å². The van der Waals surface area contributed by atoms with Crippen molar-refractivity contribution in [3.63, 3.8) is 0 Å². The lowest BCUT2D eigenvalue weighted by Crippen LogP contribution is -2.28. The van der Waals surface area contributed by atoms with Gasteiger partial charge >= 0.3 is 5.97 Å². The van der Waals surface area contributed by atoms with E-state index in [0.29, 0.717) is 28.2 Å². The highest BCUT2D eigenvalue weighted by atomic mass is 35.5. The first-order valence-electron chi connectivity index (χ1n) is 8.60. The average molecular weight is 399 g/mol. The fraction of sp³-hybridized carbons (Fsp3) is 0.190. The predicted molar refractivity (Wildman–Crippen MR) is 107 cm³/mol. The number of pyridine rings is 1. The third kappa shape index (κ3) is 4.58. The van der Waals surface area contributed by atoms with Crippen molar-refractivity contribution in [2.24, 2.45) is 0 Å².